The Bertz CT molecular complexity index is 986. The van der Waals surface area contributed by atoms with E-state index in [1.54, 1.807) is 24.5 Å². The van der Waals surface area contributed by atoms with Crippen LogP contribution >= 0.6 is 11.3 Å². The molecule has 25 heavy (non-hydrogen) atoms. The van der Waals surface area contributed by atoms with Gasteiger partial charge in [-0.15, -0.1) is 0 Å². The zero-order chi connectivity index (χ0) is 18.8. The summed E-state index contributed by atoms with van der Waals surface area (Å²) in [5, 5.41) is 5.16. The van der Waals surface area contributed by atoms with Crippen LogP contribution in [-0.2, 0) is 30.9 Å². The molecule has 1 heterocycles. The number of hydrogen-bond donors (Lipinski definition) is 1. The van der Waals surface area contributed by atoms with Crippen molar-refractivity contribution < 1.29 is 22.7 Å². The number of hydrogen-bond acceptors (Lipinski definition) is 6. The molecule has 0 bridgehead atoms. The van der Waals surface area contributed by atoms with Gasteiger partial charge in [-0.3, -0.25) is 9.59 Å². The van der Waals surface area contributed by atoms with Crippen LogP contribution in [0.3, 0.4) is 0 Å². The number of carbonyl (C=O) groups excluding carboxylic acids is 2. The number of carbonyl (C=O) groups is 2. The highest BCUT2D eigenvalue weighted by atomic mass is 32.2. The molecule has 8 nitrogen and oxygen atoms in total. The molecule has 2 aromatic rings. The number of aryl methyl sites for hydroxylation is 1. The van der Waals surface area contributed by atoms with E-state index < -0.39 is 16.0 Å². The summed E-state index contributed by atoms with van der Waals surface area (Å²) in [5.41, 5.74) is 0.664. The molecule has 0 saturated heterocycles. The average Bonchev–Trinajstić information content (AvgIpc) is 2.87. The third-order valence-corrected chi connectivity index (χ3v) is 5.40. The summed E-state index contributed by atoms with van der Waals surface area (Å²) in [5.74, 6) is -0.974. The van der Waals surface area contributed by atoms with Crippen LogP contribution in [0.4, 0.5) is 0 Å². The highest BCUT2D eigenvalue weighted by molar-refractivity contribution is 7.89. The van der Waals surface area contributed by atoms with Gasteiger partial charge in [0.2, 0.25) is 10.0 Å². The number of fused-ring (bicyclic) bond motifs is 1. The fourth-order valence-electron chi connectivity index (χ4n) is 2.06. The second kappa shape index (κ2) is 7.46. The summed E-state index contributed by atoms with van der Waals surface area (Å²) < 4.78 is 30.0. The number of nitrogens with two attached hydrogens (primary N) is 1. The van der Waals surface area contributed by atoms with Gasteiger partial charge in [-0.1, -0.05) is 25.2 Å². The zero-order valence-corrected chi connectivity index (χ0v) is 15.7. The first-order chi connectivity index (χ1) is 11.6. The van der Waals surface area contributed by atoms with Crippen LogP contribution in [0.2, 0.25) is 0 Å². The van der Waals surface area contributed by atoms with Gasteiger partial charge in [0.25, 0.3) is 5.91 Å². The quantitative estimate of drug-likeness (QED) is 0.770. The van der Waals surface area contributed by atoms with Gasteiger partial charge in [0, 0.05) is 12.5 Å². The number of methoxy groups -OCH3 is 1. The van der Waals surface area contributed by atoms with Crippen LogP contribution in [-0.4, -0.2) is 32.0 Å². The molecule has 0 atom stereocenters. The summed E-state index contributed by atoms with van der Waals surface area (Å²) in [4.78, 5) is 27.9. The van der Waals surface area contributed by atoms with Crippen LogP contribution in [0, 0.1) is 5.92 Å². The van der Waals surface area contributed by atoms with Crippen LogP contribution < -0.4 is 9.94 Å². The van der Waals surface area contributed by atoms with E-state index in [1.165, 1.54) is 19.2 Å². The second-order valence-electron chi connectivity index (χ2n) is 5.64. The lowest BCUT2D eigenvalue weighted by molar-refractivity contribution is -0.140. The Balaban J connectivity index is 2.63. The van der Waals surface area contributed by atoms with Crippen LogP contribution in [0.15, 0.2) is 28.1 Å². The predicted molar refractivity (Wildman–Crippen MR) is 93.2 cm³/mol. The maximum atomic E-state index is 12.0. The lowest BCUT2D eigenvalue weighted by Gasteiger charge is -2.05. The Morgan fingerprint density at radius 3 is 2.60 bits per heavy atom. The van der Waals surface area contributed by atoms with Gasteiger partial charge in [0.05, 0.1) is 28.6 Å². The Labute approximate surface area is 149 Å². The van der Waals surface area contributed by atoms with E-state index in [4.69, 9.17) is 5.14 Å². The number of sulfonamides is 1. The zero-order valence-electron chi connectivity index (χ0n) is 14.1. The SMILES string of the molecule is COC(=O)CCn1c(=NC(=O)C(C)C)sc2cc(S(N)(=O)=O)ccc21. The molecular weight excluding hydrogens is 366 g/mol. The van der Waals surface area contributed by atoms with Crippen LogP contribution in [0.25, 0.3) is 10.2 Å². The van der Waals surface area contributed by atoms with E-state index in [1.807, 2.05) is 0 Å². The van der Waals surface area contributed by atoms with Crippen LogP contribution in [0.5, 0.6) is 0 Å². The van der Waals surface area contributed by atoms with E-state index in [-0.39, 0.29) is 29.7 Å². The largest absolute Gasteiger partial charge is 0.469 e. The Hall–Kier alpha value is -2.04. The third-order valence-electron chi connectivity index (χ3n) is 3.45. The number of esters is 1. The summed E-state index contributed by atoms with van der Waals surface area (Å²) >= 11 is 1.16. The Kier molecular flexibility index (Phi) is 5.76. The molecule has 0 fully saturated rings. The minimum Gasteiger partial charge on any atom is -0.469 e. The molecule has 136 valence electrons. The molecule has 0 aliphatic rings. The van der Waals surface area contributed by atoms with Crippen molar-refractivity contribution in [2.75, 3.05) is 7.11 Å². The molecule has 1 aromatic heterocycles. The molecule has 1 amide bonds. The first-order valence-corrected chi connectivity index (χ1v) is 9.81. The summed E-state index contributed by atoms with van der Waals surface area (Å²) in [6.07, 6.45) is 0.0995. The van der Waals surface area contributed by atoms with Crippen LogP contribution in [0.1, 0.15) is 20.3 Å². The van der Waals surface area contributed by atoms with Crippen molar-refractivity contribution in [3.05, 3.63) is 23.0 Å². The Morgan fingerprint density at radius 1 is 1.36 bits per heavy atom. The van der Waals surface area contributed by atoms with Crippen molar-refractivity contribution in [1.82, 2.24) is 4.57 Å². The van der Waals surface area contributed by atoms with E-state index in [0.717, 1.165) is 11.3 Å². The van der Waals surface area contributed by atoms with Gasteiger partial charge in [0.1, 0.15) is 0 Å². The van der Waals surface area contributed by atoms with Crippen molar-refractivity contribution in [2.24, 2.45) is 16.0 Å². The highest BCUT2D eigenvalue weighted by Gasteiger charge is 2.14. The number of nitrogens with zero attached hydrogens (tertiary/aromatic N) is 2. The molecule has 2 rings (SSSR count). The molecule has 0 unspecified atom stereocenters. The number of primary sulfonamides is 1. The number of thiazole rings is 1. The van der Waals surface area contributed by atoms with Crippen molar-refractivity contribution in [3.63, 3.8) is 0 Å². The topological polar surface area (TPSA) is 121 Å². The second-order valence-corrected chi connectivity index (χ2v) is 8.21. The highest BCUT2D eigenvalue weighted by Crippen LogP contribution is 2.21. The summed E-state index contributed by atoms with van der Waals surface area (Å²) in [6, 6.07) is 4.40. The molecule has 1 aromatic carbocycles. The fraction of sp³-hybridized carbons (Fsp3) is 0.400. The summed E-state index contributed by atoms with van der Waals surface area (Å²) in [6.45, 7) is 3.72. The van der Waals surface area contributed by atoms with Gasteiger partial charge >= 0.3 is 5.97 Å². The fourth-order valence-corrected chi connectivity index (χ4v) is 3.78. The Morgan fingerprint density at radius 2 is 2.04 bits per heavy atom. The van der Waals surface area contributed by atoms with E-state index in [9.17, 15) is 18.0 Å². The summed E-state index contributed by atoms with van der Waals surface area (Å²) in [7, 11) is -2.54. The molecule has 0 aliphatic carbocycles. The van der Waals surface area contributed by atoms with Crippen molar-refractivity contribution >= 4 is 43.5 Å². The third kappa shape index (κ3) is 4.53. The van der Waals surface area contributed by atoms with Crippen molar-refractivity contribution in [2.45, 2.75) is 31.7 Å². The minimum absolute atomic E-state index is 0.0249. The average molecular weight is 385 g/mol. The van der Waals surface area contributed by atoms with E-state index >= 15 is 0 Å². The first-order valence-electron chi connectivity index (χ1n) is 7.45. The van der Waals surface area contributed by atoms with Crippen molar-refractivity contribution in [3.8, 4) is 0 Å². The first kappa shape index (κ1) is 19.3. The molecule has 2 N–H and O–H groups in total. The van der Waals surface area contributed by atoms with Gasteiger partial charge < -0.3 is 9.30 Å². The molecule has 10 heteroatoms. The molecular formula is C15H19N3O5S2. The predicted octanol–water partition coefficient (Wildman–Crippen LogP) is 0.997. The van der Waals surface area contributed by atoms with Gasteiger partial charge in [-0.25, -0.2) is 13.6 Å². The van der Waals surface area contributed by atoms with E-state index in [0.29, 0.717) is 15.0 Å². The maximum Gasteiger partial charge on any atom is 0.307 e. The number of rotatable bonds is 5. The van der Waals surface area contributed by atoms with Gasteiger partial charge in [0.15, 0.2) is 4.80 Å². The minimum atomic E-state index is -3.84. The van der Waals surface area contributed by atoms with Gasteiger partial charge in [-0.05, 0) is 18.2 Å². The van der Waals surface area contributed by atoms with Crippen molar-refractivity contribution in [1.29, 1.82) is 0 Å². The lowest BCUT2D eigenvalue weighted by Crippen LogP contribution is -2.20. The van der Waals surface area contributed by atoms with Gasteiger partial charge in [-0.2, -0.15) is 4.99 Å². The standard InChI is InChI=1S/C15H19N3O5S2/c1-9(2)14(20)17-15-18(7-6-13(19)23-3)11-5-4-10(25(16,21)22)8-12(11)24-15/h4-5,8-9H,6-7H2,1-3H3,(H2,16,21,22). The molecule has 0 aliphatic heterocycles. The monoisotopic (exact) mass is 385 g/mol. The number of ether oxygens (including phenoxy) is 1. The number of benzene rings is 1. The number of amides is 1. The van der Waals surface area contributed by atoms with E-state index in [2.05, 4.69) is 9.73 Å². The smallest absolute Gasteiger partial charge is 0.307 e. The lowest BCUT2D eigenvalue weighted by atomic mass is 10.2. The number of aromatic nitrogens is 1. The molecule has 0 radical (unpaired) electrons. The normalized spacial score (nSPS) is 12.8. The molecule has 0 saturated carbocycles. The molecule has 0 spiro atoms. The maximum absolute atomic E-state index is 12.0.